The van der Waals surface area contributed by atoms with Crippen molar-refractivity contribution in [2.75, 3.05) is 7.11 Å². The van der Waals surface area contributed by atoms with Gasteiger partial charge in [0.05, 0.1) is 22.7 Å². The summed E-state index contributed by atoms with van der Waals surface area (Å²) < 4.78 is 5.08. The number of phenols is 1. The topological polar surface area (TPSA) is 70.9 Å². The number of amides is 1. The number of aryl methyl sites for hydroxylation is 1. The fraction of sp³-hybridized carbons (Fsp3) is 0.111. The molecule has 25 heavy (non-hydrogen) atoms. The van der Waals surface area contributed by atoms with E-state index in [4.69, 9.17) is 16.3 Å². The predicted octanol–water partition coefficient (Wildman–Crippen LogP) is 4.25. The quantitative estimate of drug-likeness (QED) is 0.788. The maximum Gasteiger partial charge on any atom is 0.264 e. The summed E-state index contributed by atoms with van der Waals surface area (Å²) in [5.41, 5.74) is 2.48. The smallest absolute Gasteiger partial charge is 0.264 e. The number of halogens is 1. The number of aromatic hydroxyl groups is 1. The van der Waals surface area contributed by atoms with Crippen molar-refractivity contribution in [3.63, 3.8) is 0 Å². The maximum absolute atomic E-state index is 12.2. The van der Waals surface area contributed by atoms with E-state index in [1.165, 1.54) is 18.9 Å². The number of aliphatic imine (C=N–C) groups is 1. The van der Waals surface area contributed by atoms with Gasteiger partial charge >= 0.3 is 0 Å². The van der Waals surface area contributed by atoms with Gasteiger partial charge in [0.1, 0.15) is 0 Å². The molecule has 3 rings (SSSR count). The molecule has 7 heteroatoms. The molecule has 0 bridgehead atoms. The van der Waals surface area contributed by atoms with Crippen molar-refractivity contribution >= 4 is 46.2 Å². The molecule has 0 atom stereocenters. The molecule has 0 aromatic heterocycles. The van der Waals surface area contributed by atoms with E-state index in [9.17, 15) is 9.90 Å². The number of thioether (sulfide) groups is 1. The molecule has 1 fully saturated rings. The lowest BCUT2D eigenvalue weighted by atomic mass is 10.2. The van der Waals surface area contributed by atoms with Crippen molar-refractivity contribution in [2.45, 2.75) is 6.92 Å². The minimum atomic E-state index is -0.236. The van der Waals surface area contributed by atoms with E-state index in [1.54, 1.807) is 18.2 Å². The summed E-state index contributed by atoms with van der Waals surface area (Å²) in [6.45, 7) is 1.96. The number of benzene rings is 2. The number of hydrogen-bond acceptors (Lipinski definition) is 5. The first kappa shape index (κ1) is 17.4. The molecule has 2 aromatic rings. The third-order valence-electron chi connectivity index (χ3n) is 3.56. The molecule has 0 saturated carbocycles. The third-order valence-corrected chi connectivity index (χ3v) is 4.75. The molecule has 0 aliphatic carbocycles. The second-order valence-electron chi connectivity index (χ2n) is 5.32. The first-order chi connectivity index (χ1) is 12.0. The van der Waals surface area contributed by atoms with E-state index in [1.807, 2.05) is 31.2 Å². The van der Waals surface area contributed by atoms with E-state index in [0.29, 0.717) is 15.6 Å². The number of nitrogens with one attached hydrogen (secondary N) is 1. The summed E-state index contributed by atoms with van der Waals surface area (Å²) in [6, 6.07) is 10.9. The van der Waals surface area contributed by atoms with Crippen molar-refractivity contribution in [1.29, 1.82) is 0 Å². The molecule has 1 amide bonds. The van der Waals surface area contributed by atoms with Crippen LogP contribution in [0.1, 0.15) is 11.1 Å². The lowest BCUT2D eigenvalue weighted by Crippen LogP contribution is -2.19. The number of methoxy groups -OCH3 is 1. The molecule has 0 spiro atoms. The van der Waals surface area contributed by atoms with Gasteiger partial charge in [0, 0.05) is 0 Å². The first-order valence-corrected chi connectivity index (χ1v) is 8.59. The fourth-order valence-electron chi connectivity index (χ4n) is 2.26. The van der Waals surface area contributed by atoms with Crippen LogP contribution in [-0.4, -0.2) is 23.3 Å². The van der Waals surface area contributed by atoms with Gasteiger partial charge in [-0.1, -0.05) is 29.8 Å². The Morgan fingerprint density at radius 2 is 2.08 bits per heavy atom. The normalized spacial score (nSPS) is 17.2. The summed E-state index contributed by atoms with van der Waals surface area (Å²) >= 11 is 7.23. The number of amidine groups is 1. The van der Waals surface area contributed by atoms with Gasteiger partial charge in [-0.05, 0) is 54.1 Å². The van der Waals surface area contributed by atoms with Crippen LogP contribution < -0.4 is 10.1 Å². The molecule has 0 radical (unpaired) electrons. The fourth-order valence-corrected chi connectivity index (χ4v) is 3.32. The van der Waals surface area contributed by atoms with E-state index < -0.39 is 0 Å². The minimum absolute atomic E-state index is 0.128. The van der Waals surface area contributed by atoms with Crippen LogP contribution in [0.3, 0.4) is 0 Å². The number of carbonyl (C=O) groups is 1. The van der Waals surface area contributed by atoms with E-state index in [0.717, 1.165) is 11.3 Å². The summed E-state index contributed by atoms with van der Waals surface area (Å²) in [5.74, 6) is -0.117. The number of carbonyl (C=O) groups excluding carboxylic acids is 1. The monoisotopic (exact) mass is 374 g/mol. The van der Waals surface area contributed by atoms with Crippen molar-refractivity contribution in [3.05, 3.63) is 57.5 Å². The number of rotatable bonds is 3. The summed E-state index contributed by atoms with van der Waals surface area (Å²) in [5, 5.41) is 13.2. The van der Waals surface area contributed by atoms with Gasteiger partial charge in [0.15, 0.2) is 16.7 Å². The van der Waals surface area contributed by atoms with Crippen LogP contribution in [-0.2, 0) is 4.79 Å². The highest BCUT2D eigenvalue weighted by molar-refractivity contribution is 8.18. The lowest BCUT2D eigenvalue weighted by Gasteiger charge is -2.06. The van der Waals surface area contributed by atoms with Crippen LogP contribution in [0.2, 0.25) is 5.02 Å². The third kappa shape index (κ3) is 3.81. The van der Waals surface area contributed by atoms with Crippen LogP contribution in [0.5, 0.6) is 11.5 Å². The largest absolute Gasteiger partial charge is 0.503 e. The van der Waals surface area contributed by atoms with Gasteiger partial charge in [0.2, 0.25) is 0 Å². The Morgan fingerprint density at radius 3 is 2.80 bits per heavy atom. The zero-order valence-electron chi connectivity index (χ0n) is 13.5. The van der Waals surface area contributed by atoms with Crippen molar-refractivity contribution < 1.29 is 14.6 Å². The molecule has 0 unspecified atom stereocenters. The highest BCUT2D eigenvalue weighted by Gasteiger charge is 2.24. The molecule has 1 saturated heterocycles. The number of nitrogens with zero attached hydrogens (tertiary/aromatic N) is 1. The van der Waals surface area contributed by atoms with Crippen LogP contribution in [0.25, 0.3) is 6.08 Å². The Morgan fingerprint density at radius 1 is 1.32 bits per heavy atom. The molecular weight excluding hydrogens is 360 g/mol. The van der Waals surface area contributed by atoms with Crippen LogP contribution >= 0.6 is 23.4 Å². The molecule has 1 aliphatic heterocycles. The zero-order valence-corrected chi connectivity index (χ0v) is 15.1. The van der Waals surface area contributed by atoms with Crippen LogP contribution in [0.15, 0.2) is 46.3 Å². The Kier molecular flexibility index (Phi) is 5.01. The van der Waals surface area contributed by atoms with E-state index in [2.05, 4.69) is 10.3 Å². The Balaban J connectivity index is 1.90. The number of ether oxygens (including phenoxy) is 1. The SMILES string of the molecule is COc1cc(C=C2SC(=Nc3ccccc3C)NC2=O)cc(Cl)c1O. The molecule has 128 valence electrons. The average Bonchev–Trinajstić information content (AvgIpc) is 2.92. The number of phenolic OH excluding ortho intramolecular Hbond substituents is 1. The summed E-state index contributed by atoms with van der Waals surface area (Å²) in [4.78, 5) is 17.1. The Bertz CT molecular complexity index is 909. The molecule has 2 aromatic carbocycles. The van der Waals surface area contributed by atoms with Crippen molar-refractivity contribution in [3.8, 4) is 11.5 Å². The minimum Gasteiger partial charge on any atom is -0.503 e. The zero-order chi connectivity index (χ0) is 18.0. The highest BCUT2D eigenvalue weighted by Crippen LogP contribution is 2.37. The van der Waals surface area contributed by atoms with Crippen LogP contribution in [0, 0.1) is 6.92 Å². The first-order valence-electron chi connectivity index (χ1n) is 7.39. The standard InChI is InChI=1S/C18H15ClN2O3S/c1-10-5-3-4-6-13(10)20-18-21-17(23)15(25-18)9-11-7-12(19)16(22)14(8-11)24-2/h3-9,22H,1-2H3,(H,20,21,23). The second-order valence-corrected chi connectivity index (χ2v) is 6.76. The van der Waals surface area contributed by atoms with Crippen molar-refractivity contribution in [1.82, 2.24) is 5.32 Å². The Hall–Kier alpha value is -2.44. The molecule has 2 N–H and O–H groups in total. The number of hydrogen-bond donors (Lipinski definition) is 2. The van der Waals surface area contributed by atoms with Gasteiger partial charge in [-0.15, -0.1) is 0 Å². The summed E-state index contributed by atoms with van der Waals surface area (Å²) in [7, 11) is 1.44. The predicted molar refractivity (Wildman–Crippen MR) is 102 cm³/mol. The van der Waals surface area contributed by atoms with Gasteiger partial charge in [-0.3, -0.25) is 4.79 Å². The van der Waals surface area contributed by atoms with Gasteiger partial charge in [0.25, 0.3) is 5.91 Å². The van der Waals surface area contributed by atoms with Gasteiger partial charge < -0.3 is 15.2 Å². The maximum atomic E-state index is 12.2. The molecular formula is C18H15ClN2O3S. The summed E-state index contributed by atoms with van der Waals surface area (Å²) in [6.07, 6.45) is 1.67. The van der Waals surface area contributed by atoms with Gasteiger partial charge in [-0.25, -0.2) is 4.99 Å². The lowest BCUT2D eigenvalue weighted by molar-refractivity contribution is -0.115. The van der Waals surface area contributed by atoms with Crippen LogP contribution in [0.4, 0.5) is 5.69 Å². The number of para-hydroxylation sites is 1. The molecule has 1 heterocycles. The van der Waals surface area contributed by atoms with Gasteiger partial charge in [-0.2, -0.15) is 0 Å². The average molecular weight is 375 g/mol. The Labute approximate surface area is 154 Å². The highest BCUT2D eigenvalue weighted by atomic mass is 35.5. The van der Waals surface area contributed by atoms with E-state index >= 15 is 0 Å². The molecule has 5 nitrogen and oxygen atoms in total. The second kappa shape index (κ2) is 7.21. The van der Waals surface area contributed by atoms with Crippen molar-refractivity contribution in [2.24, 2.45) is 4.99 Å². The van der Waals surface area contributed by atoms with E-state index in [-0.39, 0.29) is 22.4 Å². The molecule has 1 aliphatic rings.